The molecular weight excluding hydrogens is 286 g/mol. The second kappa shape index (κ2) is 7.22. The lowest BCUT2D eigenvalue weighted by Crippen LogP contribution is -2.24. The number of nitriles is 1. The molecule has 0 bridgehead atoms. The Labute approximate surface area is 126 Å². The molecule has 1 aromatic carbocycles. The van der Waals surface area contributed by atoms with Crippen molar-refractivity contribution >= 4 is 23.5 Å². The smallest absolute Gasteiger partial charge is 0.277 e. The van der Waals surface area contributed by atoms with Crippen LogP contribution in [0.2, 0.25) is 0 Å². The van der Waals surface area contributed by atoms with Gasteiger partial charge in [-0.3, -0.25) is 4.79 Å². The largest absolute Gasteiger partial charge is 0.484 e. The summed E-state index contributed by atoms with van der Waals surface area (Å²) < 4.78 is 5.28. The molecule has 1 heterocycles. The molecule has 1 amide bonds. The average molecular weight is 299 g/mol. The molecule has 2 rings (SSSR count). The molecule has 0 aliphatic rings. The Morgan fingerprint density at radius 2 is 2.14 bits per heavy atom. The minimum atomic E-state index is -0.344. The van der Waals surface area contributed by atoms with Crippen LogP contribution in [-0.4, -0.2) is 18.7 Å². The fraction of sp³-hybridized carbons (Fsp3) is 0.133. The zero-order chi connectivity index (χ0) is 15.1. The number of thiophene rings is 1. The second-order valence-electron chi connectivity index (χ2n) is 4.17. The van der Waals surface area contributed by atoms with E-state index in [0.29, 0.717) is 11.3 Å². The minimum Gasteiger partial charge on any atom is -0.484 e. The molecule has 0 atom stereocenters. The van der Waals surface area contributed by atoms with Gasteiger partial charge in [-0.25, -0.2) is 5.43 Å². The summed E-state index contributed by atoms with van der Waals surface area (Å²) in [7, 11) is 0. The van der Waals surface area contributed by atoms with E-state index in [1.807, 2.05) is 25.1 Å². The number of rotatable bonds is 5. The van der Waals surface area contributed by atoms with E-state index in [-0.39, 0.29) is 12.5 Å². The van der Waals surface area contributed by atoms with Gasteiger partial charge in [0.15, 0.2) is 6.61 Å². The number of aryl methyl sites for hydroxylation is 1. The second-order valence-corrected chi connectivity index (χ2v) is 5.49. The predicted octanol–water partition coefficient (Wildman–Crippen LogP) is 2.46. The number of nitrogens with zero attached hydrogens (tertiary/aromatic N) is 2. The maximum absolute atomic E-state index is 11.5. The van der Waals surface area contributed by atoms with Crippen LogP contribution < -0.4 is 10.2 Å². The van der Waals surface area contributed by atoms with E-state index in [4.69, 9.17) is 10.00 Å². The van der Waals surface area contributed by atoms with Crippen LogP contribution in [0.1, 0.15) is 15.3 Å². The molecule has 0 saturated carbocycles. The van der Waals surface area contributed by atoms with Crippen molar-refractivity contribution in [3.05, 3.63) is 51.7 Å². The number of hydrogen-bond donors (Lipinski definition) is 1. The molecule has 21 heavy (non-hydrogen) atoms. The lowest BCUT2D eigenvalue weighted by Gasteiger charge is -2.04. The molecule has 5 nitrogen and oxygen atoms in total. The van der Waals surface area contributed by atoms with Crippen LogP contribution in [0.15, 0.2) is 41.5 Å². The summed E-state index contributed by atoms with van der Waals surface area (Å²) in [5, 5.41) is 12.5. The molecule has 0 saturated heterocycles. The lowest BCUT2D eigenvalue weighted by atomic mass is 10.2. The average Bonchev–Trinajstić information content (AvgIpc) is 2.91. The summed E-state index contributed by atoms with van der Waals surface area (Å²) in [6.45, 7) is 1.87. The van der Waals surface area contributed by atoms with Crippen LogP contribution in [0.3, 0.4) is 0 Å². The number of carbonyl (C=O) groups is 1. The fourth-order valence-electron chi connectivity index (χ4n) is 1.50. The van der Waals surface area contributed by atoms with Crippen LogP contribution in [0.5, 0.6) is 5.75 Å². The summed E-state index contributed by atoms with van der Waals surface area (Å²) in [6.07, 6.45) is 1.59. The van der Waals surface area contributed by atoms with Crippen LogP contribution in [-0.2, 0) is 4.79 Å². The number of ether oxygens (including phenoxy) is 1. The molecule has 0 aliphatic heterocycles. The molecular formula is C15H13N3O2S. The monoisotopic (exact) mass is 299 g/mol. The van der Waals surface area contributed by atoms with Crippen molar-refractivity contribution < 1.29 is 9.53 Å². The Balaban J connectivity index is 1.76. The Hall–Kier alpha value is -2.65. The van der Waals surface area contributed by atoms with E-state index in [0.717, 1.165) is 4.88 Å². The standard InChI is InChI=1S/C15H13N3O2S/c1-11-2-7-14(21-11)9-17-18-15(19)10-20-13-5-3-12(8-16)4-6-13/h2-7,9H,10H2,1H3,(H,18,19)/b17-9+. The zero-order valence-electron chi connectivity index (χ0n) is 11.4. The summed E-state index contributed by atoms with van der Waals surface area (Å²) in [6, 6.07) is 12.5. The predicted molar refractivity (Wildman–Crippen MR) is 81.4 cm³/mol. The van der Waals surface area contributed by atoms with Gasteiger partial charge in [0.2, 0.25) is 0 Å². The Kier molecular flexibility index (Phi) is 5.07. The number of benzene rings is 1. The summed E-state index contributed by atoms with van der Waals surface area (Å²) in [5.74, 6) is 0.186. The van der Waals surface area contributed by atoms with Crippen molar-refractivity contribution in [1.29, 1.82) is 5.26 Å². The van der Waals surface area contributed by atoms with Crippen molar-refractivity contribution in [3.63, 3.8) is 0 Å². The van der Waals surface area contributed by atoms with Crippen molar-refractivity contribution in [2.75, 3.05) is 6.61 Å². The minimum absolute atomic E-state index is 0.132. The van der Waals surface area contributed by atoms with Gasteiger partial charge in [-0.2, -0.15) is 10.4 Å². The van der Waals surface area contributed by atoms with Gasteiger partial charge < -0.3 is 4.74 Å². The number of carbonyl (C=O) groups excluding carboxylic acids is 1. The van der Waals surface area contributed by atoms with Crippen LogP contribution in [0.4, 0.5) is 0 Å². The van der Waals surface area contributed by atoms with E-state index in [2.05, 4.69) is 10.5 Å². The summed E-state index contributed by atoms with van der Waals surface area (Å²) in [5.41, 5.74) is 2.94. The van der Waals surface area contributed by atoms with Crippen LogP contribution in [0.25, 0.3) is 0 Å². The molecule has 2 aromatic rings. The highest BCUT2D eigenvalue weighted by Crippen LogP contribution is 2.12. The molecule has 0 spiro atoms. The molecule has 0 unspecified atom stereocenters. The topological polar surface area (TPSA) is 74.5 Å². The van der Waals surface area contributed by atoms with Gasteiger partial charge >= 0.3 is 0 Å². The van der Waals surface area contributed by atoms with E-state index in [1.165, 1.54) is 4.88 Å². The highest BCUT2D eigenvalue weighted by atomic mass is 32.1. The fourth-order valence-corrected chi connectivity index (χ4v) is 2.25. The van der Waals surface area contributed by atoms with E-state index >= 15 is 0 Å². The molecule has 106 valence electrons. The number of amides is 1. The Morgan fingerprint density at radius 3 is 2.76 bits per heavy atom. The van der Waals surface area contributed by atoms with E-state index in [9.17, 15) is 4.79 Å². The van der Waals surface area contributed by atoms with Crippen molar-refractivity contribution in [2.24, 2.45) is 5.10 Å². The number of hydrazone groups is 1. The first-order chi connectivity index (χ1) is 10.2. The SMILES string of the molecule is Cc1ccc(/C=N/NC(=O)COc2ccc(C#N)cc2)s1. The van der Waals surface area contributed by atoms with Crippen molar-refractivity contribution in [2.45, 2.75) is 6.92 Å². The van der Waals surface area contributed by atoms with Gasteiger partial charge in [-0.15, -0.1) is 11.3 Å². The molecule has 0 aliphatic carbocycles. The van der Waals surface area contributed by atoms with Gasteiger partial charge in [0.1, 0.15) is 5.75 Å². The van der Waals surface area contributed by atoms with Gasteiger partial charge in [0.25, 0.3) is 5.91 Å². The van der Waals surface area contributed by atoms with Gasteiger partial charge in [0.05, 0.1) is 17.8 Å². The maximum atomic E-state index is 11.5. The first-order valence-electron chi connectivity index (χ1n) is 6.18. The van der Waals surface area contributed by atoms with Crippen LogP contribution >= 0.6 is 11.3 Å². The third kappa shape index (κ3) is 4.75. The highest BCUT2D eigenvalue weighted by molar-refractivity contribution is 7.13. The summed E-state index contributed by atoms with van der Waals surface area (Å²) >= 11 is 1.59. The number of hydrogen-bond acceptors (Lipinski definition) is 5. The molecule has 0 radical (unpaired) electrons. The molecule has 0 fully saturated rings. The van der Waals surface area contributed by atoms with Gasteiger partial charge in [-0.1, -0.05) is 0 Å². The van der Waals surface area contributed by atoms with Gasteiger partial charge in [-0.05, 0) is 43.3 Å². The zero-order valence-corrected chi connectivity index (χ0v) is 12.2. The first-order valence-corrected chi connectivity index (χ1v) is 7.00. The molecule has 1 aromatic heterocycles. The maximum Gasteiger partial charge on any atom is 0.277 e. The Bertz CT molecular complexity index is 684. The Morgan fingerprint density at radius 1 is 1.38 bits per heavy atom. The third-order valence-electron chi connectivity index (χ3n) is 2.50. The van der Waals surface area contributed by atoms with Gasteiger partial charge in [0, 0.05) is 9.75 Å². The van der Waals surface area contributed by atoms with Crippen molar-refractivity contribution in [1.82, 2.24) is 5.43 Å². The van der Waals surface area contributed by atoms with E-state index in [1.54, 1.807) is 41.8 Å². The normalized spacial score (nSPS) is 10.3. The van der Waals surface area contributed by atoms with E-state index < -0.39 is 0 Å². The van der Waals surface area contributed by atoms with Crippen LogP contribution in [0, 0.1) is 18.3 Å². The molecule has 1 N–H and O–H groups in total. The molecule has 6 heteroatoms. The third-order valence-corrected chi connectivity index (χ3v) is 3.43. The first kappa shape index (κ1) is 14.8. The van der Waals surface area contributed by atoms with Crippen molar-refractivity contribution in [3.8, 4) is 11.8 Å². The lowest BCUT2D eigenvalue weighted by molar-refractivity contribution is -0.123. The highest BCUT2D eigenvalue weighted by Gasteiger charge is 2.01. The number of nitrogens with one attached hydrogen (secondary N) is 1. The summed E-state index contributed by atoms with van der Waals surface area (Å²) in [4.78, 5) is 13.7. The quantitative estimate of drug-likeness (QED) is 0.680.